The summed E-state index contributed by atoms with van der Waals surface area (Å²) in [6.45, 7) is 4.04. The van der Waals surface area contributed by atoms with Crippen LogP contribution in [0.15, 0.2) is 58.7 Å². The number of benzene rings is 2. The fourth-order valence-electron chi connectivity index (χ4n) is 1.75. The third kappa shape index (κ3) is 3.47. The SMILES string of the molecule is Cc1cccc(/C(Cl)=N/N=C(\Cl)c2ccccc2)c1C. The molecule has 0 aliphatic rings. The topological polar surface area (TPSA) is 24.7 Å². The first-order valence-corrected chi connectivity index (χ1v) is 6.94. The van der Waals surface area contributed by atoms with E-state index in [4.69, 9.17) is 23.2 Å². The van der Waals surface area contributed by atoms with E-state index in [1.807, 2.05) is 62.4 Å². The molecular formula is C16H14Cl2N2. The van der Waals surface area contributed by atoms with Crippen LogP contribution in [0, 0.1) is 13.8 Å². The minimum absolute atomic E-state index is 0.314. The highest BCUT2D eigenvalue weighted by Gasteiger charge is 2.06. The highest BCUT2D eigenvalue weighted by atomic mass is 35.5. The molecule has 0 heterocycles. The van der Waals surface area contributed by atoms with Crippen LogP contribution in [0.25, 0.3) is 0 Å². The lowest BCUT2D eigenvalue weighted by molar-refractivity contribution is 1.24. The van der Waals surface area contributed by atoms with Gasteiger partial charge in [0.1, 0.15) is 0 Å². The van der Waals surface area contributed by atoms with E-state index in [2.05, 4.69) is 10.2 Å². The molecule has 20 heavy (non-hydrogen) atoms. The molecule has 2 aromatic carbocycles. The van der Waals surface area contributed by atoms with Crippen LogP contribution in [0.1, 0.15) is 22.3 Å². The molecule has 0 atom stereocenters. The zero-order valence-electron chi connectivity index (χ0n) is 11.3. The van der Waals surface area contributed by atoms with Crippen LogP contribution >= 0.6 is 23.2 Å². The molecule has 2 aromatic rings. The maximum absolute atomic E-state index is 6.20. The van der Waals surface area contributed by atoms with E-state index < -0.39 is 0 Å². The smallest absolute Gasteiger partial charge is 0.136 e. The average Bonchev–Trinajstić information content (AvgIpc) is 2.48. The van der Waals surface area contributed by atoms with Gasteiger partial charge in [0.05, 0.1) is 0 Å². The Morgan fingerprint density at radius 1 is 0.800 bits per heavy atom. The maximum atomic E-state index is 6.20. The Bertz CT molecular complexity index is 661. The van der Waals surface area contributed by atoms with Gasteiger partial charge >= 0.3 is 0 Å². The molecule has 0 bridgehead atoms. The third-order valence-corrected chi connectivity index (χ3v) is 3.64. The predicted octanol–water partition coefficient (Wildman–Crippen LogP) is 4.89. The molecule has 0 saturated carbocycles. The first-order valence-electron chi connectivity index (χ1n) is 6.18. The highest BCUT2D eigenvalue weighted by Crippen LogP contribution is 2.16. The van der Waals surface area contributed by atoms with E-state index in [9.17, 15) is 0 Å². The maximum Gasteiger partial charge on any atom is 0.159 e. The molecule has 0 spiro atoms. The van der Waals surface area contributed by atoms with Gasteiger partial charge in [-0.25, -0.2) is 0 Å². The van der Waals surface area contributed by atoms with Crippen molar-refractivity contribution in [2.75, 3.05) is 0 Å². The zero-order chi connectivity index (χ0) is 14.5. The molecule has 102 valence electrons. The van der Waals surface area contributed by atoms with Gasteiger partial charge < -0.3 is 0 Å². The largest absolute Gasteiger partial charge is 0.159 e. The van der Waals surface area contributed by atoms with Gasteiger partial charge in [-0.1, -0.05) is 71.7 Å². The molecule has 2 rings (SSSR count). The molecule has 4 heteroatoms. The van der Waals surface area contributed by atoms with Gasteiger partial charge in [-0.2, -0.15) is 0 Å². The second kappa shape index (κ2) is 6.69. The highest BCUT2D eigenvalue weighted by molar-refractivity contribution is 6.71. The molecule has 0 saturated heterocycles. The lowest BCUT2D eigenvalue weighted by Crippen LogP contribution is -1.97. The summed E-state index contributed by atoms with van der Waals surface area (Å²) in [6, 6.07) is 15.3. The van der Waals surface area contributed by atoms with Crippen LogP contribution in [0.5, 0.6) is 0 Å². The summed E-state index contributed by atoms with van der Waals surface area (Å²) in [4.78, 5) is 0. The number of halogens is 2. The van der Waals surface area contributed by atoms with Crippen molar-refractivity contribution in [3.8, 4) is 0 Å². The first-order chi connectivity index (χ1) is 9.59. The van der Waals surface area contributed by atoms with Crippen LogP contribution < -0.4 is 0 Å². The van der Waals surface area contributed by atoms with E-state index in [0.29, 0.717) is 10.3 Å². The Morgan fingerprint density at radius 2 is 1.45 bits per heavy atom. The molecule has 0 N–H and O–H groups in total. The number of nitrogens with zero attached hydrogens (tertiary/aromatic N) is 2. The second-order valence-electron chi connectivity index (χ2n) is 4.40. The molecule has 0 fully saturated rings. The summed E-state index contributed by atoms with van der Waals surface area (Å²) < 4.78 is 0. The van der Waals surface area contributed by atoms with E-state index in [0.717, 1.165) is 22.3 Å². The minimum atomic E-state index is 0.314. The Balaban J connectivity index is 2.29. The van der Waals surface area contributed by atoms with Crippen molar-refractivity contribution in [2.45, 2.75) is 13.8 Å². The molecule has 0 radical (unpaired) electrons. The van der Waals surface area contributed by atoms with Crippen molar-refractivity contribution in [3.05, 3.63) is 70.8 Å². The van der Waals surface area contributed by atoms with Crippen LogP contribution in [0.2, 0.25) is 0 Å². The van der Waals surface area contributed by atoms with Crippen molar-refractivity contribution in [1.82, 2.24) is 0 Å². The van der Waals surface area contributed by atoms with E-state index in [-0.39, 0.29) is 0 Å². The second-order valence-corrected chi connectivity index (χ2v) is 5.11. The molecule has 2 nitrogen and oxygen atoms in total. The summed E-state index contributed by atoms with van der Waals surface area (Å²) in [7, 11) is 0. The summed E-state index contributed by atoms with van der Waals surface area (Å²) in [5.41, 5.74) is 3.93. The standard InChI is InChI=1S/C16H14Cl2N2/c1-11-7-6-10-14(12(11)2)16(18)20-19-15(17)13-8-4-3-5-9-13/h3-10H,1-2H3/b19-15-,20-16-. The normalized spacial score (nSPS) is 12.6. The molecule has 0 unspecified atom stereocenters. The lowest BCUT2D eigenvalue weighted by Gasteiger charge is -2.05. The average molecular weight is 305 g/mol. The number of aryl methyl sites for hydroxylation is 1. The van der Waals surface area contributed by atoms with Crippen LogP contribution in [-0.2, 0) is 0 Å². The Hall–Kier alpha value is -1.64. The van der Waals surface area contributed by atoms with Crippen molar-refractivity contribution >= 4 is 33.5 Å². The number of hydrogen-bond acceptors (Lipinski definition) is 2. The van der Waals surface area contributed by atoms with Gasteiger partial charge in [-0.3, -0.25) is 0 Å². The van der Waals surface area contributed by atoms with E-state index in [1.54, 1.807) is 0 Å². The Labute approximate surface area is 128 Å². The van der Waals surface area contributed by atoms with Crippen LogP contribution in [0.4, 0.5) is 0 Å². The Morgan fingerprint density at radius 3 is 2.15 bits per heavy atom. The Kier molecular flexibility index (Phi) is 4.94. The van der Waals surface area contributed by atoms with E-state index in [1.165, 1.54) is 0 Å². The predicted molar refractivity (Wildman–Crippen MR) is 87.1 cm³/mol. The van der Waals surface area contributed by atoms with Gasteiger partial charge in [-0.05, 0) is 25.0 Å². The summed E-state index contributed by atoms with van der Waals surface area (Å²) in [5.74, 6) is 0. The third-order valence-electron chi connectivity index (χ3n) is 3.06. The molecule has 0 aliphatic heterocycles. The van der Waals surface area contributed by atoms with Gasteiger partial charge in [0.15, 0.2) is 10.3 Å². The van der Waals surface area contributed by atoms with Crippen LogP contribution in [-0.4, -0.2) is 10.3 Å². The van der Waals surface area contributed by atoms with E-state index >= 15 is 0 Å². The fourth-order valence-corrected chi connectivity index (χ4v) is 2.16. The monoisotopic (exact) mass is 304 g/mol. The molecular weight excluding hydrogens is 291 g/mol. The summed E-state index contributed by atoms with van der Waals surface area (Å²) in [6.07, 6.45) is 0. The summed E-state index contributed by atoms with van der Waals surface area (Å²) >= 11 is 12.3. The molecule has 0 aliphatic carbocycles. The zero-order valence-corrected chi connectivity index (χ0v) is 12.8. The van der Waals surface area contributed by atoms with Crippen LogP contribution in [0.3, 0.4) is 0 Å². The van der Waals surface area contributed by atoms with Crippen molar-refractivity contribution in [2.24, 2.45) is 10.2 Å². The number of hydrogen-bond donors (Lipinski definition) is 0. The lowest BCUT2D eigenvalue weighted by atomic mass is 10.0. The van der Waals surface area contributed by atoms with Gasteiger partial charge in [0.25, 0.3) is 0 Å². The van der Waals surface area contributed by atoms with Gasteiger partial charge in [-0.15, -0.1) is 10.2 Å². The molecule has 0 aromatic heterocycles. The quantitative estimate of drug-likeness (QED) is 0.570. The minimum Gasteiger partial charge on any atom is -0.136 e. The summed E-state index contributed by atoms with van der Waals surface area (Å²) in [5, 5.41) is 8.64. The first kappa shape index (κ1) is 14.8. The molecule has 0 amide bonds. The number of rotatable bonds is 3. The van der Waals surface area contributed by atoms with Gasteiger partial charge in [0.2, 0.25) is 0 Å². The van der Waals surface area contributed by atoms with Crippen molar-refractivity contribution < 1.29 is 0 Å². The van der Waals surface area contributed by atoms with Crippen molar-refractivity contribution in [3.63, 3.8) is 0 Å². The van der Waals surface area contributed by atoms with Gasteiger partial charge in [0, 0.05) is 11.1 Å². The fraction of sp³-hybridized carbons (Fsp3) is 0.125. The van der Waals surface area contributed by atoms with Crippen molar-refractivity contribution in [1.29, 1.82) is 0 Å².